The molecule has 0 radical (unpaired) electrons. The van der Waals surface area contributed by atoms with E-state index in [0.29, 0.717) is 31.5 Å². The van der Waals surface area contributed by atoms with Crippen molar-refractivity contribution < 1.29 is 23.1 Å². The number of ether oxygens (including phenoxy) is 1. The highest BCUT2D eigenvalue weighted by Gasteiger charge is 2.45. The molecule has 0 aliphatic carbocycles. The Hall–Kier alpha value is -2.77. The number of piperidine rings is 1. The highest BCUT2D eigenvalue weighted by atomic mass is 19.1. The summed E-state index contributed by atoms with van der Waals surface area (Å²) in [5, 5.41) is 4.33. The van der Waals surface area contributed by atoms with Gasteiger partial charge >= 0.3 is 5.97 Å². The Kier molecular flexibility index (Phi) is 6.53. The zero-order valence-corrected chi connectivity index (χ0v) is 17.6. The summed E-state index contributed by atoms with van der Waals surface area (Å²) in [4.78, 5) is 27.7. The number of benzene rings is 1. The van der Waals surface area contributed by atoms with Crippen LogP contribution in [0.1, 0.15) is 48.4 Å². The standard InChI is InChI=1S/C22H27F2N3O3/c1-4-17-12-19(26(3)25-17)20(28)27-10-6-9-22(14-27,21(29)30-5-2)13-15-7-8-16(23)11-18(15)24/h7-8,11-12H,4-6,9-10,13-14H2,1-3H3/t22-/m1/s1. The fourth-order valence-electron chi connectivity index (χ4n) is 4.06. The predicted molar refractivity (Wildman–Crippen MR) is 107 cm³/mol. The molecular weight excluding hydrogens is 392 g/mol. The summed E-state index contributed by atoms with van der Waals surface area (Å²) in [6, 6.07) is 5.08. The van der Waals surface area contributed by atoms with Gasteiger partial charge in [-0.25, -0.2) is 8.78 Å². The molecule has 0 bridgehead atoms. The van der Waals surface area contributed by atoms with Crippen LogP contribution in [0.2, 0.25) is 0 Å². The zero-order chi connectivity index (χ0) is 21.9. The van der Waals surface area contributed by atoms with Gasteiger partial charge in [0.25, 0.3) is 5.91 Å². The minimum absolute atomic E-state index is 0.0350. The van der Waals surface area contributed by atoms with Gasteiger partial charge in [-0.3, -0.25) is 14.3 Å². The van der Waals surface area contributed by atoms with Gasteiger partial charge in [0.05, 0.1) is 17.7 Å². The first kappa shape index (κ1) is 21.9. The van der Waals surface area contributed by atoms with Crippen molar-refractivity contribution in [3.8, 4) is 0 Å². The SMILES string of the molecule is CCOC(=O)[C@@]1(Cc2ccc(F)cc2F)CCCN(C(=O)c2cc(CC)nn2C)C1. The molecule has 0 N–H and O–H groups in total. The molecule has 1 aromatic carbocycles. The monoisotopic (exact) mass is 419 g/mol. The predicted octanol–water partition coefficient (Wildman–Crippen LogP) is 3.29. The summed E-state index contributed by atoms with van der Waals surface area (Å²) in [6.07, 6.45) is 1.77. The van der Waals surface area contributed by atoms with E-state index in [9.17, 15) is 18.4 Å². The molecule has 0 unspecified atom stereocenters. The minimum Gasteiger partial charge on any atom is -0.466 e. The lowest BCUT2D eigenvalue weighted by Gasteiger charge is -2.41. The number of carbonyl (C=O) groups is 2. The van der Waals surface area contributed by atoms with Gasteiger partial charge in [0.15, 0.2) is 0 Å². The van der Waals surface area contributed by atoms with E-state index in [2.05, 4.69) is 5.10 Å². The van der Waals surface area contributed by atoms with Gasteiger partial charge in [0.2, 0.25) is 0 Å². The summed E-state index contributed by atoms with van der Waals surface area (Å²) in [5.41, 5.74) is 0.393. The fraction of sp³-hybridized carbons (Fsp3) is 0.500. The van der Waals surface area contributed by atoms with Crippen LogP contribution in [0, 0.1) is 17.0 Å². The van der Waals surface area contributed by atoms with Crippen LogP contribution in [0.15, 0.2) is 24.3 Å². The number of amides is 1. The van der Waals surface area contributed by atoms with Crippen molar-refractivity contribution in [1.82, 2.24) is 14.7 Å². The van der Waals surface area contributed by atoms with Crippen molar-refractivity contribution in [2.45, 2.75) is 39.5 Å². The summed E-state index contributed by atoms with van der Waals surface area (Å²) in [5.74, 6) is -2.07. The molecule has 30 heavy (non-hydrogen) atoms. The van der Waals surface area contributed by atoms with Crippen molar-refractivity contribution >= 4 is 11.9 Å². The van der Waals surface area contributed by atoms with Crippen LogP contribution in [0.25, 0.3) is 0 Å². The van der Waals surface area contributed by atoms with Gasteiger partial charge in [-0.05, 0) is 50.3 Å². The average molecular weight is 419 g/mol. The maximum Gasteiger partial charge on any atom is 0.314 e. The van der Waals surface area contributed by atoms with Crippen LogP contribution >= 0.6 is 0 Å². The molecule has 1 saturated heterocycles. The number of aryl methyl sites for hydroxylation is 2. The lowest BCUT2D eigenvalue weighted by atomic mass is 9.74. The molecule has 1 amide bonds. The van der Waals surface area contributed by atoms with Gasteiger partial charge in [-0.1, -0.05) is 13.0 Å². The Morgan fingerprint density at radius 1 is 1.23 bits per heavy atom. The summed E-state index contributed by atoms with van der Waals surface area (Å²) in [6.45, 7) is 4.44. The average Bonchev–Trinajstić information content (AvgIpc) is 3.10. The second kappa shape index (κ2) is 8.93. The molecule has 2 heterocycles. The van der Waals surface area contributed by atoms with Crippen LogP contribution in [-0.4, -0.2) is 46.3 Å². The molecular formula is C22H27F2N3O3. The summed E-state index contributed by atoms with van der Waals surface area (Å²) < 4.78 is 34.5. The molecule has 8 heteroatoms. The van der Waals surface area contributed by atoms with Gasteiger partial charge in [-0.2, -0.15) is 5.10 Å². The van der Waals surface area contributed by atoms with Crippen molar-refractivity contribution in [2.75, 3.05) is 19.7 Å². The number of rotatable bonds is 6. The number of aromatic nitrogens is 2. The molecule has 3 rings (SSSR count). The highest BCUT2D eigenvalue weighted by molar-refractivity contribution is 5.93. The molecule has 1 aromatic heterocycles. The molecule has 2 aromatic rings. The highest BCUT2D eigenvalue weighted by Crippen LogP contribution is 2.36. The number of hydrogen-bond donors (Lipinski definition) is 0. The van der Waals surface area contributed by atoms with E-state index in [1.165, 1.54) is 12.1 Å². The number of hydrogen-bond acceptors (Lipinski definition) is 4. The van der Waals surface area contributed by atoms with Gasteiger partial charge in [-0.15, -0.1) is 0 Å². The second-order valence-electron chi connectivity index (χ2n) is 7.74. The first-order chi connectivity index (χ1) is 14.3. The Balaban J connectivity index is 1.91. The number of likely N-dealkylation sites (tertiary alicyclic amines) is 1. The first-order valence-corrected chi connectivity index (χ1v) is 10.2. The smallest absolute Gasteiger partial charge is 0.314 e. The normalized spacial score (nSPS) is 19.0. The topological polar surface area (TPSA) is 64.4 Å². The van der Waals surface area contributed by atoms with Crippen molar-refractivity contribution in [3.05, 3.63) is 52.9 Å². The number of esters is 1. The molecule has 1 aliphatic rings. The summed E-state index contributed by atoms with van der Waals surface area (Å²) >= 11 is 0. The van der Waals surface area contributed by atoms with E-state index >= 15 is 0 Å². The van der Waals surface area contributed by atoms with Gasteiger partial charge in [0, 0.05) is 26.2 Å². The van der Waals surface area contributed by atoms with Crippen LogP contribution in [0.5, 0.6) is 0 Å². The summed E-state index contributed by atoms with van der Waals surface area (Å²) in [7, 11) is 1.71. The Morgan fingerprint density at radius 3 is 2.63 bits per heavy atom. The second-order valence-corrected chi connectivity index (χ2v) is 7.74. The minimum atomic E-state index is -1.09. The maximum atomic E-state index is 14.4. The van der Waals surface area contributed by atoms with E-state index in [1.54, 1.807) is 29.6 Å². The third-order valence-corrected chi connectivity index (χ3v) is 5.63. The Bertz CT molecular complexity index is 944. The van der Waals surface area contributed by atoms with Crippen LogP contribution in [0.4, 0.5) is 8.78 Å². The van der Waals surface area contributed by atoms with Crippen LogP contribution in [-0.2, 0) is 29.4 Å². The molecule has 1 aliphatic heterocycles. The maximum absolute atomic E-state index is 14.4. The molecule has 6 nitrogen and oxygen atoms in total. The number of carbonyl (C=O) groups excluding carboxylic acids is 2. The van der Waals surface area contributed by atoms with Crippen molar-refractivity contribution in [1.29, 1.82) is 0 Å². The molecule has 0 spiro atoms. The molecule has 1 atom stereocenters. The Labute approximate surface area is 174 Å². The quantitative estimate of drug-likeness (QED) is 0.674. The zero-order valence-electron chi connectivity index (χ0n) is 17.6. The van der Waals surface area contributed by atoms with Crippen LogP contribution < -0.4 is 0 Å². The number of halogens is 2. The molecule has 162 valence electrons. The largest absolute Gasteiger partial charge is 0.466 e. The van der Waals surface area contributed by atoms with E-state index in [-0.39, 0.29) is 31.0 Å². The molecule has 0 saturated carbocycles. The fourth-order valence-corrected chi connectivity index (χ4v) is 4.06. The van der Waals surface area contributed by atoms with Gasteiger partial charge < -0.3 is 9.64 Å². The lowest BCUT2D eigenvalue weighted by Crippen LogP contribution is -2.52. The Morgan fingerprint density at radius 2 is 2.00 bits per heavy atom. The van der Waals surface area contributed by atoms with Gasteiger partial charge in [0.1, 0.15) is 17.3 Å². The lowest BCUT2D eigenvalue weighted by molar-refractivity contribution is -0.158. The van der Waals surface area contributed by atoms with E-state index in [4.69, 9.17) is 4.74 Å². The van der Waals surface area contributed by atoms with Crippen LogP contribution in [0.3, 0.4) is 0 Å². The van der Waals surface area contributed by atoms with E-state index < -0.39 is 23.0 Å². The van der Waals surface area contributed by atoms with Crippen molar-refractivity contribution in [3.63, 3.8) is 0 Å². The molecule has 1 fully saturated rings. The van der Waals surface area contributed by atoms with E-state index in [0.717, 1.165) is 11.8 Å². The third kappa shape index (κ3) is 4.37. The van der Waals surface area contributed by atoms with E-state index in [1.807, 2.05) is 6.92 Å². The number of nitrogens with zero attached hydrogens (tertiary/aromatic N) is 3. The third-order valence-electron chi connectivity index (χ3n) is 5.63. The van der Waals surface area contributed by atoms with Crippen molar-refractivity contribution in [2.24, 2.45) is 12.5 Å². The first-order valence-electron chi connectivity index (χ1n) is 10.2.